The van der Waals surface area contributed by atoms with Gasteiger partial charge in [-0.25, -0.2) is 0 Å². The van der Waals surface area contributed by atoms with E-state index in [2.05, 4.69) is 20.8 Å². The monoisotopic (exact) mass is 515 g/mol. The summed E-state index contributed by atoms with van der Waals surface area (Å²) < 4.78 is 17.3. The average Bonchev–Trinajstić information content (AvgIpc) is 2.81. The van der Waals surface area contributed by atoms with Crippen molar-refractivity contribution >= 4 is 29.2 Å². The quantitative estimate of drug-likeness (QED) is 0.301. The van der Waals surface area contributed by atoms with Gasteiger partial charge in [0.15, 0.2) is 5.60 Å². The number of rotatable bonds is 10. The van der Waals surface area contributed by atoms with Crippen LogP contribution in [0.25, 0.3) is 0 Å². The first kappa shape index (κ1) is 26.7. The summed E-state index contributed by atoms with van der Waals surface area (Å²) in [5.74, 6) is 0.246. The van der Waals surface area contributed by atoms with Crippen molar-refractivity contribution < 1.29 is 24.1 Å². The molecule has 5 nitrogen and oxygen atoms in total. The molecule has 0 bridgehead atoms. The SMILES string of the molecule is CC(C)(C)c1ccc(OC(C)(C(=O)[O-])c2ccc(OCCCOc3ccc(Cl)cc3)cc2)c(Cl)c1. The molecule has 186 valence electrons. The van der Waals surface area contributed by atoms with Crippen LogP contribution in [0.1, 0.15) is 45.2 Å². The lowest BCUT2D eigenvalue weighted by Gasteiger charge is -2.33. The van der Waals surface area contributed by atoms with Crippen LogP contribution in [0.4, 0.5) is 0 Å². The van der Waals surface area contributed by atoms with Gasteiger partial charge in [0.25, 0.3) is 0 Å². The highest BCUT2D eigenvalue weighted by atomic mass is 35.5. The van der Waals surface area contributed by atoms with Gasteiger partial charge in [-0.2, -0.15) is 0 Å². The number of carbonyl (C=O) groups excluding carboxylic acids is 1. The Labute approximate surface area is 216 Å². The maximum Gasteiger partial charge on any atom is 0.170 e. The normalized spacial score (nSPS) is 13.1. The molecule has 0 saturated carbocycles. The Kier molecular flexibility index (Phi) is 8.57. The lowest BCUT2D eigenvalue weighted by atomic mass is 9.87. The zero-order chi connectivity index (χ0) is 25.6. The Bertz CT molecular complexity index is 1140. The van der Waals surface area contributed by atoms with Crippen LogP contribution in [0, 0.1) is 0 Å². The Morgan fingerprint density at radius 2 is 1.31 bits per heavy atom. The molecule has 0 fully saturated rings. The van der Waals surface area contributed by atoms with E-state index in [0.717, 1.165) is 11.3 Å². The molecule has 0 spiro atoms. The summed E-state index contributed by atoms with van der Waals surface area (Å²) in [5.41, 5.74) is -0.410. The van der Waals surface area contributed by atoms with Gasteiger partial charge in [-0.1, -0.05) is 62.2 Å². The van der Waals surface area contributed by atoms with E-state index in [1.54, 1.807) is 48.5 Å². The van der Waals surface area contributed by atoms with Gasteiger partial charge in [-0.05, 0) is 66.4 Å². The third-order valence-corrected chi connectivity index (χ3v) is 6.09. The first-order valence-electron chi connectivity index (χ1n) is 11.3. The minimum atomic E-state index is -1.74. The molecule has 0 aliphatic rings. The van der Waals surface area contributed by atoms with Crippen molar-refractivity contribution in [2.75, 3.05) is 13.2 Å². The molecular weight excluding hydrogens is 487 g/mol. The number of carboxylic acids is 1. The van der Waals surface area contributed by atoms with Crippen LogP contribution in [0.2, 0.25) is 10.0 Å². The lowest BCUT2D eigenvalue weighted by Crippen LogP contribution is -2.48. The molecule has 1 unspecified atom stereocenters. The number of ether oxygens (including phenoxy) is 3. The fraction of sp³-hybridized carbons (Fsp3) is 0.321. The van der Waals surface area contributed by atoms with Crippen molar-refractivity contribution in [3.63, 3.8) is 0 Å². The van der Waals surface area contributed by atoms with Crippen LogP contribution in [0.3, 0.4) is 0 Å². The summed E-state index contributed by atoms with van der Waals surface area (Å²) in [4.78, 5) is 12.1. The topological polar surface area (TPSA) is 67.8 Å². The van der Waals surface area contributed by atoms with Crippen molar-refractivity contribution in [3.05, 3.63) is 87.9 Å². The van der Waals surface area contributed by atoms with E-state index in [9.17, 15) is 9.90 Å². The van der Waals surface area contributed by atoms with E-state index in [-0.39, 0.29) is 11.2 Å². The first-order chi connectivity index (χ1) is 16.5. The molecule has 0 aromatic heterocycles. The van der Waals surface area contributed by atoms with Gasteiger partial charge in [0.05, 0.1) is 24.2 Å². The third-order valence-electron chi connectivity index (χ3n) is 5.55. The lowest BCUT2D eigenvalue weighted by molar-refractivity contribution is -0.322. The Morgan fingerprint density at radius 3 is 1.80 bits per heavy atom. The summed E-state index contributed by atoms with van der Waals surface area (Å²) >= 11 is 12.3. The van der Waals surface area contributed by atoms with Gasteiger partial charge < -0.3 is 24.1 Å². The van der Waals surface area contributed by atoms with Crippen molar-refractivity contribution in [1.82, 2.24) is 0 Å². The molecule has 0 saturated heterocycles. The van der Waals surface area contributed by atoms with E-state index in [0.29, 0.717) is 41.0 Å². The highest BCUT2D eigenvalue weighted by molar-refractivity contribution is 6.32. The van der Waals surface area contributed by atoms with E-state index < -0.39 is 11.6 Å². The highest BCUT2D eigenvalue weighted by Crippen LogP contribution is 2.36. The molecule has 7 heteroatoms. The van der Waals surface area contributed by atoms with E-state index in [4.69, 9.17) is 37.4 Å². The molecule has 3 rings (SSSR count). The predicted octanol–water partition coefficient (Wildman–Crippen LogP) is 6.18. The van der Waals surface area contributed by atoms with Crippen LogP contribution < -0.4 is 19.3 Å². The molecule has 3 aromatic rings. The minimum absolute atomic E-state index is 0.0996. The van der Waals surface area contributed by atoms with Crippen LogP contribution in [0.15, 0.2) is 66.7 Å². The molecule has 3 aromatic carbocycles. The van der Waals surface area contributed by atoms with Gasteiger partial charge in [-0.15, -0.1) is 0 Å². The van der Waals surface area contributed by atoms with Crippen LogP contribution >= 0.6 is 23.2 Å². The van der Waals surface area contributed by atoms with Crippen molar-refractivity contribution in [1.29, 1.82) is 0 Å². The average molecular weight is 516 g/mol. The largest absolute Gasteiger partial charge is 0.545 e. The van der Waals surface area contributed by atoms with Crippen LogP contribution in [-0.2, 0) is 15.8 Å². The molecule has 0 radical (unpaired) electrons. The minimum Gasteiger partial charge on any atom is -0.545 e. The standard InChI is InChI=1S/C28H30Cl2O5/c1-27(2,3)20-8-15-25(24(30)18-20)35-28(4,26(31)32)19-6-11-22(12-7-19)33-16-5-17-34-23-13-9-21(29)10-14-23/h6-15,18H,5,16-17H2,1-4H3,(H,31,32)/p-1. The van der Waals surface area contributed by atoms with Gasteiger partial charge >= 0.3 is 0 Å². The first-order valence-corrected chi connectivity index (χ1v) is 12.1. The molecule has 0 aliphatic heterocycles. The van der Waals surface area contributed by atoms with E-state index >= 15 is 0 Å². The zero-order valence-corrected chi connectivity index (χ0v) is 21.8. The molecule has 0 N–H and O–H groups in total. The van der Waals surface area contributed by atoms with Crippen molar-refractivity contribution in [2.24, 2.45) is 0 Å². The fourth-order valence-electron chi connectivity index (χ4n) is 3.33. The Hall–Kier alpha value is -2.89. The van der Waals surface area contributed by atoms with Crippen molar-refractivity contribution in [3.8, 4) is 17.2 Å². The summed E-state index contributed by atoms with van der Waals surface area (Å²) in [7, 11) is 0. The molecule has 0 aliphatic carbocycles. The van der Waals surface area contributed by atoms with Gasteiger partial charge in [-0.3, -0.25) is 0 Å². The molecule has 35 heavy (non-hydrogen) atoms. The number of aliphatic carboxylic acids is 1. The summed E-state index contributed by atoms with van der Waals surface area (Å²) in [6.07, 6.45) is 0.674. The number of benzene rings is 3. The Balaban J connectivity index is 1.61. The van der Waals surface area contributed by atoms with Crippen molar-refractivity contribution in [2.45, 2.75) is 45.1 Å². The second-order valence-electron chi connectivity index (χ2n) is 9.35. The number of hydrogen-bond donors (Lipinski definition) is 0. The third kappa shape index (κ3) is 7.06. The smallest absolute Gasteiger partial charge is 0.170 e. The van der Waals surface area contributed by atoms with Crippen LogP contribution in [-0.4, -0.2) is 19.2 Å². The fourth-order valence-corrected chi connectivity index (χ4v) is 3.67. The Morgan fingerprint density at radius 1 is 0.800 bits per heavy atom. The summed E-state index contributed by atoms with van der Waals surface area (Å²) in [5, 5.41) is 13.1. The van der Waals surface area contributed by atoms with E-state index in [1.807, 2.05) is 18.2 Å². The van der Waals surface area contributed by atoms with Gasteiger partial charge in [0.2, 0.25) is 0 Å². The number of halogens is 2. The van der Waals surface area contributed by atoms with Crippen LogP contribution in [0.5, 0.6) is 17.2 Å². The molecule has 0 amide bonds. The zero-order valence-electron chi connectivity index (χ0n) is 20.3. The van der Waals surface area contributed by atoms with Gasteiger partial charge in [0.1, 0.15) is 17.2 Å². The second-order valence-corrected chi connectivity index (χ2v) is 10.2. The molecule has 0 heterocycles. The number of hydrogen-bond acceptors (Lipinski definition) is 5. The second kappa shape index (κ2) is 11.2. The summed E-state index contributed by atoms with van der Waals surface area (Å²) in [6.45, 7) is 8.59. The maximum atomic E-state index is 12.1. The summed E-state index contributed by atoms with van der Waals surface area (Å²) in [6, 6.07) is 19.2. The molecular formula is C28H29Cl2O5-. The number of carboxylic acid groups (broad SMARTS) is 1. The number of carbonyl (C=O) groups is 1. The predicted molar refractivity (Wildman–Crippen MR) is 137 cm³/mol. The molecule has 1 atom stereocenters. The van der Waals surface area contributed by atoms with Gasteiger partial charge in [0, 0.05) is 17.0 Å². The van der Waals surface area contributed by atoms with E-state index in [1.165, 1.54) is 6.92 Å². The maximum absolute atomic E-state index is 12.1. The highest BCUT2D eigenvalue weighted by Gasteiger charge is 2.32.